The molecule has 0 spiro atoms. The van der Waals surface area contributed by atoms with Crippen molar-refractivity contribution in [2.45, 2.75) is 78.6 Å². The summed E-state index contributed by atoms with van der Waals surface area (Å²) in [5.74, 6) is 0.930. The van der Waals surface area contributed by atoms with Crippen LogP contribution in [0.1, 0.15) is 52.5 Å². The summed E-state index contributed by atoms with van der Waals surface area (Å²) in [6.45, 7) is 15.9. The number of Topliss-reactive ketones (excluding diaryl/α,β-unsaturated/α-hetero) is 1. The molecule has 3 heteroatoms. The largest absolute Gasteiger partial charge is 0.405 e. The van der Waals surface area contributed by atoms with Gasteiger partial charge in [-0.1, -0.05) is 58.0 Å². The van der Waals surface area contributed by atoms with Crippen LogP contribution in [0, 0.1) is 22.7 Å². The normalized spacial score (nSPS) is 34.0. The Hall–Kier alpha value is -0.933. The van der Waals surface area contributed by atoms with Crippen molar-refractivity contribution in [3.63, 3.8) is 0 Å². The quantitative estimate of drug-likeness (QED) is 0.584. The van der Waals surface area contributed by atoms with Gasteiger partial charge >= 0.3 is 0 Å². The van der Waals surface area contributed by atoms with Gasteiger partial charge in [0.1, 0.15) is 5.60 Å². The highest BCUT2D eigenvalue weighted by atomic mass is 28.4. The lowest BCUT2D eigenvalue weighted by Crippen LogP contribution is -2.60. The van der Waals surface area contributed by atoms with E-state index in [0.717, 1.165) is 19.3 Å². The Bertz CT molecular complexity index is 675. The maximum atomic E-state index is 13.9. The molecule has 0 aromatic heterocycles. The molecule has 2 nitrogen and oxygen atoms in total. The third-order valence-electron chi connectivity index (χ3n) is 7.57. The highest BCUT2D eigenvalue weighted by Crippen LogP contribution is 2.71. The molecular weight excluding hydrogens is 336 g/mol. The lowest BCUT2D eigenvalue weighted by Gasteiger charge is -2.51. The third kappa shape index (κ3) is 2.92. The first kappa shape index (κ1) is 19.8. The van der Waals surface area contributed by atoms with Gasteiger partial charge in [0, 0.05) is 11.3 Å². The lowest BCUT2D eigenvalue weighted by molar-refractivity contribution is -0.155. The molecule has 1 aromatic rings. The van der Waals surface area contributed by atoms with Gasteiger partial charge in [0.2, 0.25) is 0 Å². The molecule has 2 aliphatic rings. The van der Waals surface area contributed by atoms with Crippen LogP contribution in [0.3, 0.4) is 0 Å². The van der Waals surface area contributed by atoms with Crippen molar-refractivity contribution in [3.8, 4) is 0 Å². The van der Waals surface area contributed by atoms with Crippen LogP contribution >= 0.6 is 0 Å². The molecule has 0 amide bonds. The van der Waals surface area contributed by atoms with Gasteiger partial charge in [-0.05, 0) is 62.2 Å². The van der Waals surface area contributed by atoms with Gasteiger partial charge in [0.05, 0.1) is 0 Å². The first-order chi connectivity index (χ1) is 11.9. The van der Waals surface area contributed by atoms with Crippen LogP contribution in [0.4, 0.5) is 0 Å². The molecule has 0 radical (unpaired) electrons. The minimum absolute atomic E-state index is 0.0132. The highest BCUT2D eigenvalue weighted by Gasteiger charge is 2.72. The minimum atomic E-state index is -1.86. The van der Waals surface area contributed by atoms with Crippen molar-refractivity contribution in [1.29, 1.82) is 0 Å². The highest BCUT2D eigenvalue weighted by molar-refractivity contribution is 6.70. The summed E-state index contributed by atoms with van der Waals surface area (Å²) < 4.78 is 6.87. The van der Waals surface area contributed by atoms with Crippen molar-refractivity contribution in [3.05, 3.63) is 35.9 Å². The van der Waals surface area contributed by atoms with E-state index >= 15 is 0 Å². The molecule has 0 saturated heterocycles. The van der Waals surface area contributed by atoms with Gasteiger partial charge in [-0.25, -0.2) is 0 Å². The monoisotopic (exact) mass is 372 g/mol. The molecule has 2 fully saturated rings. The SMILES string of the molecule is C[C@@H](Cc1ccccc1)C(=O)[C@@]1(O[Si](C)(C)C)C[C@H]2CC[C@]1(C)C2(C)C. The molecule has 2 aliphatic carbocycles. The van der Waals surface area contributed by atoms with E-state index in [4.69, 9.17) is 4.43 Å². The van der Waals surface area contributed by atoms with Crippen molar-refractivity contribution >= 4 is 14.1 Å². The molecule has 26 heavy (non-hydrogen) atoms. The van der Waals surface area contributed by atoms with E-state index in [9.17, 15) is 4.79 Å². The van der Waals surface area contributed by atoms with Crippen molar-refractivity contribution in [2.24, 2.45) is 22.7 Å². The van der Waals surface area contributed by atoms with E-state index in [1.807, 2.05) is 6.07 Å². The summed E-state index contributed by atoms with van der Waals surface area (Å²) in [7, 11) is -1.86. The Morgan fingerprint density at radius 2 is 1.81 bits per heavy atom. The van der Waals surface area contributed by atoms with E-state index < -0.39 is 13.9 Å². The second kappa shape index (κ2) is 6.30. The Morgan fingerprint density at radius 3 is 2.27 bits per heavy atom. The second-order valence-corrected chi connectivity index (χ2v) is 14.9. The molecule has 4 atom stereocenters. The van der Waals surface area contributed by atoms with Crippen LogP contribution in [0.5, 0.6) is 0 Å². The Kier molecular flexibility index (Phi) is 4.81. The number of hydrogen-bond acceptors (Lipinski definition) is 2. The zero-order chi connectivity index (χ0) is 19.4. The molecule has 0 aliphatic heterocycles. The molecule has 144 valence electrons. The Morgan fingerprint density at radius 1 is 1.19 bits per heavy atom. The van der Waals surface area contributed by atoms with Gasteiger partial charge in [0.15, 0.2) is 14.1 Å². The van der Waals surface area contributed by atoms with Crippen LogP contribution in [0.15, 0.2) is 30.3 Å². The van der Waals surface area contributed by atoms with E-state index in [1.54, 1.807) is 0 Å². The predicted molar refractivity (Wildman–Crippen MR) is 111 cm³/mol. The zero-order valence-electron chi connectivity index (χ0n) is 17.7. The van der Waals surface area contributed by atoms with Gasteiger partial charge in [-0.2, -0.15) is 0 Å². The zero-order valence-corrected chi connectivity index (χ0v) is 18.7. The third-order valence-corrected chi connectivity index (χ3v) is 8.53. The maximum Gasteiger partial charge on any atom is 0.185 e. The van der Waals surface area contributed by atoms with E-state index in [-0.39, 0.29) is 16.7 Å². The molecule has 3 rings (SSSR count). The Balaban J connectivity index is 1.96. The van der Waals surface area contributed by atoms with Gasteiger partial charge in [-0.15, -0.1) is 0 Å². The summed E-state index contributed by atoms with van der Waals surface area (Å²) in [4.78, 5) is 13.9. The Labute approximate surface area is 160 Å². The summed E-state index contributed by atoms with van der Waals surface area (Å²) in [6, 6.07) is 10.4. The smallest absolute Gasteiger partial charge is 0.185 e. The molecule has 0 N–H and O–H groups in total. The average Bonchev–Trinajstić information content (AvgIpc) is 2.86. The molecule has 1 aromatic carbocycles. The predicted octanol–water partition coefficient (Wildman–Crippen LogP) is 5.87. The van der Waals surface area contributed by atoms with Gasteiger partial charge < -0.3 is 4.43 Å². The molecular formula is C23H36O2Si. The number of rotatable bonds is 6. The first-order valence-electron chi connectivity index (χ1n) is 10.2. The number of ketones is 1. The molecule has 2 saturated carbocycles. The fourth-order valence-electron chi connectivity index (χ4n) is 5.81. The van der Waals surface area contributed by atoms with Crippen LogP contribution in [-0.2, 0) is 15.6 Å². The van der Waals surface area contributed by atoms with Crippen LogP contribution in [0.25, 0.3) is 0 Å². The maximum absolute atomic E-state index is 13.9. The number of benzene rings is 1. The summed E-state index contributed by atoms with van der Waals surface area (Å²) in [5.41, 5.74) is 0.740. The topological polar surface area (TPSA) is 26.3 Å². The second-order valence-electron chi connectivity index (χ2n) is 10.5. The van der Waals surface area contributed by atoms with Crippen LogP contribution in [0.2, 0.25) is 19.6 Å². The van der Waals surface area contributed by atoms with E-state index in [1.165, 1.54) is 12.0 Å². The van der Waals surface area contributed by atoms with E-state index in [2.05, 4.69) is 71.6 Å². The number of hydrogen-bond donors (Lipinski definition) is 0. The minimum Gasteiger partial charge on any atom is -0.405 e. The number of carbonyl (C=O) groups is 1. The van der Waals surface area contributed by atoms with Gasteiger partial charge in [0.25, 0.3) is 0 Å². The standard InChI is InChI=1S/C23H36O2Si/c1-17(15-18-11-9-8-10-12-18)20(24)23(25-26(5,6)7)16-19-13-14-22(23,4)21(19,2)3/h8-12,17,19H,13-16H2,1-7H3/t17-,19+,22+,23-/m0/s1. The number of fused-ring (bicyclic) bond motifs is 2. The van der Waals surface area contributed by atoms with Crippen molar-refractivity contribution in [2.75, 3.05) is 0 Å². The van der Waals surface area contributed by atoms with Gasteiger partial charge in [-0.3, -0.25) is 4.79 Å². The summed E-state index contributed by atoms with van der Waals surface area (Å²) >= 11 is 0. The summed E-state index contributed by atoms with van der Waals surface area (Å²) in [6.07, 6.45) is 4.07. The molecule has 0 heterocycles. The average molecular weight is 373 g/mol. The van der Waals surface area contributed by atoms with Crippen LogP contribution in [-0.4, -0.2) is 19.7 Å². The fourth-order valence-corrected chi connectivity index (χ4v) is 7.26. The summed E-state index contributed by atoms with van der Waals surface area (Å²) in [5, 5.41) is 0. The molecule has 2 bridgehead atoms. The van der Waals surface area contributed by atoms with E-state index in [0.29, 0.717) is 11.7 Å². The van der Waals surface area contributed by atoms with Crippen molar-refractivity contribution in [1.82, 2.24) is 0 Å². The van der Waals surface area contributed by atoms with Crippen molar-refractivity contribution < 1.29 is 9.22 Å². The fraction of sp³-hybridized carbons (Fsp3) is 0.696. The number of carbonyl (C=O) groups excluding carboxylic acids is 1. The van der Waals surface area contributed by atoms with Crippen LogP contribution < -0.4 is 0 Å². The lowest BCUT2D eigenvalue weighted by atomic mass is 9.61. The molecule has 0 unspecified atom stereocenters. The first-order valence-corrected chi connectivity index (χ1v) is 13.6.